The number of alkyl carbamates (subject to hydrolysis) is 1. The number of carboxylic acid groups (broad SMARTS) is 1. The predicted molar refractivity (Wildman–Crippen MR) is 134 cm³/mol. The molecule has 1 aliphatic heterocycles. The van der Waals surface area contributed by atoms with Gasteiger partial charge in [0, 0.05) is 24.4 Å². The third-order valence-corrected chi connectivity index (χ3v) is 8.34. The highest BCUT2D eigenvalue weighted by molar-refractivity contribution is 7.98. The van der Waals surface area contributed by atoms with E-state index in [1.807, 2.05) is 30.5 Å². The van der Waals surface area contributed by atoms with Crippen molar-refractivity contribution in [3.05, 3.63) is 59.7 Å². The molecule has 3 aliphatic rings. The first-order chi connectivity index (χ1) is 16.9. The molecular weight excluding hydrogens is 464 g/mol. The van der Waals surface area contributed by atoms with E-state index in [1.165, 1.54) is 0 Å². The van der Waals surface area contributed by atoms with E-state index in [4.69, 9.17) is 4.74 Å². The fourth-order valence-electron chi connectivity index (χ4n) is 5.64. The lowest BCUT2D eigenvalue weighted by atomic mass is 9.93. The summed E-state index contributed by atoms with van der Waals surface area (Å²) in [6.07, 6.45) is 3.46. The number of nitrogens with one attached hydrogen (secondary N) is 1. The summed E-state index contributed by atoms with van der Waals surface area (Å²) in [5.41, 5.74) is 4.28. The van der Waals surface area contributed by atoms with Gasteiger partial charge in [0.2, 0.25) is 5.91 Å². The lowest BCUT2D eigenvalue weighted by molar-refractivity contribution is -0.143. The number of benzene rings is 2. The molecule has 2 aromatic carbocycles. The van der Waals surface area contributed by atoms with Crippen LogP contribution in [0.2, 0.25) is 0 Å². The van der Waals surface area contributed by atoms with Crippen molar-refractivity contribution in [2.75, 3.05) is 31.7 Å². The molecule has 184 valence electrons. The molecule has 2 N–H and O–H groups in total. The summed E-state index contributed by atoms with van der Waals surface area (Å²) in [5.74, 6) is -0.952. The van der Waals surface area contributed by atoms with E-state index in [9.17, 15) is 19.5 Å². The van der Waals surface area contributed by atoms with Gasteiger partial charge in [-0.2, -0.15) is 11.8 Å². The molecule has 2 atom stereocenters. The highest BCUT2D eigenvalue weighted by atomic mass is 32.2. The second kappa shape index (κ2) is 9.57. The molecule has 2 fully saturated rings. The minimum absolute atomic E-state index is 0.0573. The van der Waals surface area contributed by atoms with Crippen LogP contribution in [0.1, 0.15) is 36.3 Å². The van der Waals surface area contributed by atoms with Crippen LogP contribution in [0.5, 0.6) is 0 Å². The zero-order valence-electron chi connectivity index (χ0n) is 19.7. The average molecular weight is 495 g/mol. The topological polar surface area (TPSA) is 95.9 Å². The first-order valence-electron chi connectivity index (χ1n) is 12.1. The molecule has 2 aromatic rings. The number of nitrogens with zero attached hydrogens (tertiary/aromatic N) is 1. The number of amides is 2. The number of rotatable bonds is 8. The summed E-state index contributed by atoms with van der Waals surface area (Å²) in [6.45, 7) is 0.832. The van der Waals surface area contributed by atoms with Gasteiger partial charge in [0.25, 0.3) is 0 Å². The molecule has 5 rings (SSSR count). The largest absolute Gasteiger partial charge is 0.481 e. The van der Waals surface area contributed by atoms with Crippen molar-refractivity contribution in [2.45, 2.75) is 31.2 Å². The number of carbonyl (C=O) groups is 3. The highest BCUT2D eigenvalue weighted by Gasteiger charge is 2.59. The van der Waals surface area contributed by atoms with Gasteiger partial charge >= 0.3 is 12.1 Å². The van der Waals surface area contributed by atoms with E-state index in [-0.39, 0.29) is 30.4 Å². The lowest BCUT2D eigenvalue weighted by Gasteiger charge is -2.24. The van der Waals surface area contributed by atoms with Crippen molar-refractivity contribution in [1.82, 2.24) is 10.2 Å². The summed E-state index contributed by atoms with van der Waals surface area (Å²) < 4.78 is 5.65. The maximum atomic E-state index is 13.3. The van der Waals surface area contributed by atoms with Crippen molar-refractivity contribution in [3.8, 4) is 11.1 Å². The predicted octanol–water partition coefficient (Wildman–Crippen LogP) is 3.97. The maximum Gasteiger partial charge on any atom is 0.407 e. The second-order valence-electron chi connectivity index (χ2n) is 9.78. The minimum Gasteiger partial charge on any atom is -0.481 e. The monoisotopic (exact) mass is 494 g/mol. The van der Waals surface area contributed by atoms with Gasteiger partial charge in [-0.05, 0) is 53.5 Å². The van der Waals surface area contributed by atoms with Crippen molar-refractivity contribution in [2.24, 2.45) is 11.3 Å². The third kappa shape index (κ3) is 4.51. The van der Waals surface area contributed by atoms with Crippen LogP contribution in [0.15, 0.2) is 48.5 Å². The summed E-state index contributed by atoms with van der Waals surface area (Å²) in [7, 11) is 0. The molecule has 7 nitrogen and oxygen atoms in total. The fourth-order valence-corrected chi connectivity index (χ4v) is 6.11. The molecule has 2 amide bonds. The molecule has 2 aliphatic carbocycles. The summed E-state index contributed by atoms with van der Waals surface area (Å²) >= 11 is 1.60. The number of likely N-dealkylation sites (tertiary alicyclic amines) is 1. The summed E-state index contributed by atoms with van der Waals surface area (Å²) in [4.78, 5) is 39.5. The Morgan fingerprint density at radius 1 is 1.11 bits per heavy atom. The van der Waals surface area contributed by atoms with Gasteiger partial charge in [-0.15, -0.1) is 0 Å². The molecule has 8 heteroatoms. The number of carboxylic acids is 1. The average Bonchev–Trinajstić information content (AvgIpc) is 3.41. The standard InChI is InChI=1S/C27H30N2O5S/c1-35-13-10-23(24(30)29-14-22(25(31)32)27(16-29)11-12-27)28-26(33)34-15-21-19-8-4-2-6-17(19)18-7-3-5-9-20(18)21/h2-9,21-23H,10-16H2,1H3,(H,28,33)(H,31,32)/t22?,23-/m0/s1. The Balaban J connectivity index is 1.24. The molecule has 0 radical (unpaired) electrons. The molecule has 0 bridgehead atoms. The van der Waals surface area contributed by atoms with Gasteiger partial charge in [-0.1, -0.05) is 48.5 Å². The van der Waals surface area contributed by atoms with Gasteiger partial charge in [-0.3, -0.25) is 9.59 Å². The van der Waals surface area contributed by atoms with Crippen LogP contribution in [0, 0.1) is 11.3 Å². The number of thioether (sulfide) groups is 1. The number of ether oxygens (including phenoxy) is 1. The van der Waals surface area contributed by atoms with Crippen molar-refractivity contribution < 1.29 is 24.2 Å². The molecule has 1 spiro atoms. The quantitative estimate of drug-likeness (QED) is 0.577. The maximum absolute atomic E-state index is 13.3. The zero-order chi connectivity index (χ0) is 24.6. The normalized spacial score (nSPS) is 20.3. The van der Waals surface area contributed by atoms with Crippen LogP contribution in [0.4, 0.5) is 4.79 Å². The molecular formula is C27H30N2O5S. The lowest BCUT2D eigenvalue weighted by Crippen LogP contribution is -2.48. The van der Waals surface area contributed by atoms with Crippen LogP contribution in [0.25, 0.3) is 11.1 Å². The third-order valence-electron chi connectivity index (χ3n) is 7.69. The van der Waals surface area contributed by atoms with Crippen LogP contribution < -0.4 is 5.32 Å². The van der Waals surface area contributed by atoms with Crippen LogP contribution in [-0.2, 0) is 14.3 Å². The number of hydrogen-bond donors (Lipinski definition) is 2. The van der Waals surface area contributed by atoms with Crippen molar-refractivity contribution in [3.63, 3.8) is 0 Å². The molecule has 0 aromatic heterocycles. The number of carbonyl (C=O) groups excluding carboxylic acids is 2. The highest BCUT2D eigenvalue weighted by Crippen LogP contribution is 2.56. The van der Waals surface area contributed by atoms with Crippen LogP contribution in [0.3, 0.4) is 0 Å². The Hall–Kier alpha value is -3.00. The van der Waals surface area contributed by atoms with E-state index in [0.29, 0.717) is 18.7 Å². The van der Waals surface area contributed by atoms with Gasteiger partial charge in [-0.25, -0.2) is 4.79 Å². The fraction of sp³-hybridized carbons (Fsp3) is 0.444. The second-order valence-corrected chi connectivity index (χ2v) is 10.8. The number of aliphatic carboxylic acids is 1. The van der Waals surface area contributed by atoms with Gasteiger partial charge in [0.15, 0.2) is 0 Å². The molecule has 35 heavy (non-hydrogen) atoms. The Bertz CT molecular complexity index is 1100. The molecule has 1 heterocycles. The number of fused-ring (bicyclic) bond motifs is 3. The van der Waals surface area contributed by atoms with E-state index >= 15 is 0 Å². The smallest absolute Gasteiger partial charge is 0.407 e. The first kappa shape index (κ1) is 23.7. The van der Waals surface area contributed by atoms with E-state index < -0.39 is 24.0 Å². The van der Waals surface area contributed by atoms with E-state index in [0.717, 1.165) is 35.1 Å². The van der Waals surface area contributed by atoms with Gasteiger partial charge in [0.05, 0.1) is 5.92 Å². The summed E-state index contributed by atoms with van der Waals surface area (Å²) in [5, 5.41) is 12.4. The van der Waals surface area contributed by atoms with Gasteiger partial charge in [0.1, 0.15) is 12.6 Å². The SMILES string of the molecule is CSCC[C@H](NC(=O)OCC1c2ccccc2-c2ccccc21)C(=O)N1CC(C(=O)O)C2(CC2)C1. The minimum atomic E-state index is -0.844. The van der Waals surface area contributed by atoms with E-state index in [2.05, 4.69) is 29.6 Å². The zero-order valence-corrected chi connectivity index (χ0v) is 20.6. The molecule has 1 saturated carbocycles. The Morgan fingerprint density at radius 2 is 1.74 bits per heavy atom. The Kier molecular flexibility index (Phi) is 6.49. The van der Waals surface area contributed by atoms with Crippen LogP contribution >= 0.6 is 11.8 Å². The number of hydrogen-bond acceptors (Lipinski definition) is 5. The van der Waals surface area contributed by atoms with E-state index in [1.54, 1.807) is 16.7 Å². The van der Waals surface area contributed by atoms with Gasteiger partial charge < -0.3 is 20.1 Å². The Labute approximate surface area is 209 Å². The van der Waals surface area contributed by atoms with Crippen LogP contribution in [-0.4, -0.2) is 65.7 Å². The Morgan fingerprint density at radius 3 is 2.29 bits per heavy atom. The van der Waals surface area contributed by atoms with Crippen molar-refractivity contribution >= 4 is 29.7 Å². The van der Waals surface area contributed by atoms with Crippen molar-refractivity contribution in [1.29, 1.82) is 0 Å². The summed E-state index contributed by atoms with van der Waals surface area (Å²) in [6, 6.07) is 15.5. The molecule has 1 saturated heterocycles. The first-order valence-corrected chi connectivity index (χ1v) is 13.4. The molecule has 1 unspecified atom stereocenters.